The van der Waals surface area contributed by atoms with E-state index in [0.717, 1.165) is 37.3 Å². The zero-order valence-corrected chi connectivity index (χ0v) is 15.0. The average molecular weight is 371 g/mol. The van der Waals surface area contributed by atoms with Crippen LogP contribution in [0.4, 0.5) is 10.2 Å². The van der Waals surface area contributed by atoms with Crippen molar-refractivity contribution in [3.05, 3.63) is 59.5 Å². The monoisotopic (exact) mass is 371 g/mol. The first-order valence-corrected chi connectivity index (χ1v) is 9.15. The molecule has 1 aromatic heterocycles. The number of benzene rings is 1. The fraction of sp³-hybridized carbons (Fsp3) is 0.400. The van der Waals surface area contributed by atoms with Gasteiger partial charge in [-0.05, 0) is 29.8 Å². The second-order valence-electron chi connectivity index (χ2n) is 6.81. The molecule has 6 nitrogen and oxygen atoms in total. The van der Waals surface area contributed by atoms with Crippen molar-refractivity contribution in [3.8, 4) is 0 Å². The summed E-state index contributed by atoms with van der Waals surface area (Å²) < 4.78 is 24.4. The van der Waals surface area contributed by atoms with Crippen molar-refractivity contribution in [3.63, 3.8) is 0 Å². The molecular formula is C20H22FN3O3. The molecule has 0 radical (unpaired) electrons. The number of piperidine rings is 1. The van der Waals surface area contributed by atoms with Gasteiger partial charge in [0.1, 0.15) is 11.6 Å². The molecule has 2 saturated heterocycles. The largest absolute Gasteiger partial charge is 0.356 e. The number of halogens is 1. The minimum Gasteiger partial charge on any atom is -0.356 e. The number of nitrogens with zero attached hydrogens (tertiary/aromatic N) is 2. The van der Waals surface area contributed by atoms with E-state index in [4.69, 9.17) is 9.47 Å². The van der Waals surface area contributed by atoms with E-state index in [1.165, 1.54) is 12.1 Å². The number of carbonyl (C=O) groups is 1. The number of pyridine rings is 1. The van der Waals surface area contributed by atoms with Crippen molar-refractivity contribution in [1.82, 2.24) is 10.3 Å². The van der Waals surface area contributed by atoms with Crippen LogP contribution in [0, 0.1) is 5.82 Å². The van der Waals surface area contributed by atoms with E-state index >= 15 is 0 Å². The van der Waals surface area contributed by atoms with E-state index in [-0.39, 0.29) is 11.7 Å². The highest BCUT2D eigenvalue weighted by Gasteiger charge is 2.39. The molecule has 0 saturated carbocycles. The highest BCUT2D eigenvalue weighted by Crippen LogP contribution is 2.32. The van der Waals surface area contributed by atoms with Gasteiger partial charge in [0.15, 0.2) is 5.79 Å². The van der Waals surface area contributed by atoms with Gasteiger partial charge in [-0.25, -0.2) is 9.37 Å². The Labute approximate surface area is 157 Å². The fourth-order valence-corrected chi connectivity index (χ4v) is 3.46. The van der Waals surface area contributed by atoms with Crippen LogP contribution in [0.2, 0.25) is 0 Å². The zero-order chi connectivity index (χ0) is 18.7. The minimum atomic E-state index is -0.406. The van der Waals surface area contributed by atoms with E-state index < -0.39 is 5.79 Å². The van der Waals surface area contributed by atoms with Crippen molar-refractivity contribution in [1.29, 1.82) is 0 Å². The van der Waals surface area contributed by atoms with Crippen molar-refractivity contribution < 1.29 is 18.7 Å². The molecule has 1 spiro atoms. The lowest BCUT2D eigenvalue weighted by molar-refractivity contribution is -0.169. The van der Waals surface area contributed by atoms with Crippen LogP contribution in [0.1, 0.15) is 28.8 Å². The van der Waals surface area contributed by atoms with E-state index in [2.05, 4.69) is 15.2 Å². The summed E-state index contributed by atoms with van der Waals surface area (Å²) in [6, 6.07) is 9.69. The number of amides is 1. The summed E-state index contributed by atoms with van der Waals surface area (Å²) in [5.74, 6) is -0.0577. The maximum Gasteiger partial charge on any atom is 0.253 e. The van der Waals surface area contributed by atoms with Crippen molar-refractivity contribution >= 4 is 11.7 Å². The third kappa shape index (κ3) is 4.09. The predicted octanol–water partition coefficient (Wildman–Crippen LogP) is 2.49. The summed E-state index contributed by atoms with van der Waals surface area (Å²) >= 11 is 0. The van der Waals surface area contributed by atoms with Gasteiger partial charge in [-0.2, -0.15) is 0 Å². The van der Waals surface area contributed by atoms with Crippen LogP contribution in [0.3, 0.4) is 0 Å². The molecule has 1 amide bonds. The summed E-state index contributed by atoms with van der Waals surface area (Å²) in [6.45, 7) is 3.29. The number of hydrogen-bond donors (Lipinski definition) is 1. The summed E-state index contributed by atoms with van der Waals surface area (Å²) in [6.07, 6.45) is 3.21. The highest BCUT2D eigenvalue weighted by atomic mass is 19.1. The van der Waals surface area contributed by atoms with E-state index in [9.17, 15) is 9.18 Å². The number of aromatic nitrogens is 1. The second kappa shape index (κ2) is 7.62. The lowest BCUT2D eigenvalue weighted by Crippen LogP contribution is -2.45. The number of nitrogens with one attached hydrogen (secondary N) is 1. The van der Waals surface area contributed by atoms with Crippen LogP contribution in [-0.2, 0) is 16.0 Å². The summed E-state index contributed by atoms with van der Waals surface area (Å²) in [7, 11) is 0. The Hall–Kier alpha value is -2.51. The lowest BCUT2D eigenvalue weighted by atomic mass is 10.0. The lowest BCUT2D eigenvalue weighted by Gasteiger charge is -2.38. The van der Waals surface area contributed by atoms with Crippen LogP contribution in [0.15, 0.2) is 42.6 Å². The van der Waals surface area contributed by atoms with Gasteiger partial charge in [-0.1, -0.05) is 12.1 Å². The molecule has 2 fully saturated rings. The Kier molecular flexibility index (Phi) is 5.05. The first kappa shape index (κ1) is 17.9. The molecule has 7 heteroatoms. The Bertz CT molecular complexity index is 779. The zero-order valence-electron chi connectivity index (χ0n) is 15.0. The first-order valence-electron chi connectivity index (χ1n) is 9.15. The van der Waals surface area contributed by atoms with Crippen molar-refractivity contribution in [2.75, 3.05) is 31.2 Å². The second-order valence-corrected chi connectivity index (χ2v) is 6.81. The fourth-order valence-electron chi connectivity index (χ4n) is 3.46. The third-order valence-corrected chi connectivity index (χ3v) is 5.04. The standard InChI is InChI=1S/C20H22FN3O3/c21-17-4-1-15(2-5-17)13-23-19(25)16-3-6-18(22-14-16)24-9-7-20(8-10-24)26-11-12-27-20/h1-6,14H,7-13H2,(H,23,25). The normalized spacial score (nSPS) is 18.6. The smallest absolute Gasteiger partial charge is 0.253 e. The molecule has 2 aliphatic rings. The molecule has 1 aromatic carbocycles. The van der Waals surface area contributed by atoms with Gasteiger partial charge in [-0.3, -0.25) is 4.79 Å². The quantitative estimate of drug-likeness (QED) is 0.895. The van der Waals surface area contributed by atoms with Gasteiger partial charge in [0.2, 0.25) is 0 Å². The van der Waals surface area contributed by atoms with E-state index in [1.807, 2.05) is 6.07 Å². The summed E-state index contributed by atoms with van der Waals surface area (Å²) in [5, 5.41) is 2.82. The predicted molar refractivity (Wildman–Crippen MR) is 97.9 cm³/mol. The first-order chi connectivity index (χ1) is 13.1. The van der Waals surface area contributed by atoms with Crippen LogP contribution < -0.4 is 10.2 Å². The van der Waals surface area contributed by atoms with Crippen LogP contribution in [-0.4, -0.2) is 43.0 Å². The maximum absolute atomic E-state index is 12.9. The molecule has 27 heavy (non-hydrogen) atoms. The maximum atomic E-state index is 12.9. The number of anilines is 1. The van der Waals surface area contributed by atoms with Crippen LogP contribution in [0.5, 0.6) is 0 Å². The summed E-state index contributed by atoms with van der Waals surface area (Å²) in [5.41, 5.74) is 1.34. The SMILES string of the molecule is O=C(NCc1ccc(F)cc1)c1ccc(N2CCC3(CC2)OCCO3)nc1. The Balaban J connectivity index is 1.32. The Morgan fingerprint density at radius 1 is 1.11 bits per heavy atom. The van der Waals surface area contributed by atoms with Crippen molar-refractivity contribution in [2.24, 2.45) is 0 Å². The van der Waals surface area contributed by atoms with Gasteiger partial charge >= 0.3 is 0 Å². The Morgan fingerprint density at radius 2 is 1.81 bits per heavy atom. The minimum absolute atomic E-state index is 0.205. The number of rotatable bonds is 4. The van der Waals surface area contributed by atoms with Crippen LogP contribution in [0.25, 0.3) is 0 Å². The van der Waals surface area contributed by atoms with E-state index in [1.54, 1.807) is 24.4 Å². The van der Waals surface area contributed by atoms with Gasteiger partial charge in [0.05, 0.1) is 18.8 Å². The van der Waals surface area contributed by atoms with E-state index in [0.29, 0.717) is 25.3 Å². The van der Waals surface area contributed by atoms with Gasteiger partial charge in [0.25, 0.3) is 5.91 Å². The molecule has 0 bridgehead atoms. The van der Waals surface area contributed by atoms with Crippen LogP contribution >= 0.6 is 0 Å². The summed E-state index contributed by atoms with van der Waals surface area (Å²) in [4.78, 5) is 18.9. The molecule has 2 aromatic rings. The van der Waals surface area contributed by atoms with Gasteiger partial charge in [-0.15, -0.1) is 0 Å². The number of hydrogen-bond acceptors (Lipinski definition) is 5. The highest BCUT2D eigenvalue weighted by molar-refractivity contribution is 5.94. The average Bonchev–Trinajstić information content (AvgIpc) is 3.16. The molecule has 0 aliphatic carbocycles. The molecule has 0 atom stereocenters. The Morgan fingerprint density at radius 3 is 2.44 bits per heavy atom. The molecule has 2 aliphatic heterocycles. The topological polar surface area (TPSA) is 63.7 Å². The number of carbonyl (C=O) groups excluding carboxylic acids is 1. The number of ether oxygens (including phenoxy) is 2. The molecule has 142 valence electrons. The van der Waals surface area contributed by atoms with Gasteiger partial charge in [0, 0.05) is 38.7 Å². The van der Waals surface area contributed by atoms with Crippen molar-refractivity contribution in [2.45, 2.75) is 25.2 Å². The molecule has 4 rings (SSSR count). The molecule has 0 unspecified atom stereocenters. The third-order valence-electron chi connectivity index (χ3n) is 5.04. The van der Waals surface area contributed by atoms with Gasteiger partial charge < -0.3 is 19.7 Å². The molecular weight excluding hydrogens is 349 g/mol. The molecule has 1 N–H and O–H groups in total. The molecule has 3 heterocycles.